The van der Waals surface area contributed by atoms with Crippen LogP contribution in [0.2, 0.25) is 0 Å². The summed E-state index contributed by atoms with van der Waals surface area (Å²) in [5.74, 6) is -0.489. The average Bonchev–Trinajstić information content (AvgIpc) is 2.53. The molecule has 78 valence electrons. The first-order valence-electron chi connectivity index (χ1n) is 4.10. The zero-order chi connectivity index (χ0) is 10.6. The van der Waals surface area contributed by atoms with E-state index in [9.17, 15) is 13.6 Å². The summed E-state index contributed by atoms with van der Waals surface area (Å²) in [4.78, 5) is 10.9. The first-order valence-corrected chi connectivity index (χ1v) is 4.10. The zero-order valence-electron chi connectivity index (χ0n) is 7.61. The number of carbonyl (C=O) groups excluding carboxylic acids is 1. The molecular weight excluding hydrogens is 194 g/mol. The van der Waals surface area contributed by atoms with E-state index in [1.54, 1.807) is 6.92 Å². The second kappa shape index (κ2) is 4.69. The molecule has 0 saturated heterocycles. The Labute approximate surface area is 79.5 Å². The van der Waals surface area contributed by atoms with Gasteiger partial charge in [0.2, 0.25) is 0 Å². The van der Waals surface area contributed by atoms with Crippen molar-refractivity contribution in [2.24, 2.45) is 0 Å². The fourth-order valence-electron chi connectivity index (χ4n) is 0.921. The Hall–Kier alpha value is -1.46. The van der Waals surface area contributed by atoms with Crippen molar-refractivity contribution < 1.29 is 18.3 Å². The van der Waals surface area contributed by atoms with E-state index in [0.29, 0.717) is 0 Å². The minimum atomic E-state index is -2.61. The number of aromatic nitrogens is 2. The number of nitrogens with zero attached hydrogens (tertiary/aromatic N) is 2. The van der Waals surface area contributed by atoms with Crippen LogP contribution in [0.15, 0.2) is 12.3 Å². The van der Waals surface area contributed by atoms with Crippen molar-refractivity contribution in [2.75, 3.05) is 6.61 Å². The van der Waals surface area contributed by atoms with E-state index in [1.165, 1.54) is 12.3 Å². The third kappa shape index (κ3) is 2.79. The summed E-state index contributed by atoms with van der Waals surface area (Å²) in [7, 11) is 0. The summed E-state index contributed by atoms with van der Waals surface area (Å²) in [5, 5.41) is 3.50. The zero-order valence-corrected chi connectivity index (χ0v) is 7.61. The van der Waals surface area contributed by atoms with Crippen molar-refractivity contribution in [2.45, 2.75) is 19.9 Å². The van der Waals surface area contributed by atoms with E-state index >= 15 is 0 Å². The molecule has 4 nitrogen and oxygen atoms in total. The molecule has 1 aromatic heterocycles. The number of hydrogen-bond acceptors (Lipinski definition) is 3. The number of alkyl halides is 2. The van der Waals surface area contributed by atoms with Crippen LogP contribution in [0.1, 0.15) is 19.0 Å². The van der Waals surface area contributed by atoms with E-state index in [2.05, 4.69) is 9.84 Å². The normalized spacial score (nSPS) is 10.6. The third-order valence-corrected chi connectivity index (χ3v) is 1.48. The van der Waals surface area contributed by atoms with Crippen LogP contribution in [0.3, 0.4) is 0 Å². The summed E-state index contributed by atoms with van der Waals surface area (Å²) >= 11 is 0. The van der Waals surface area contributed by atoms with Gasteiger partial charge >= 0.3 is 5.97 Å². The summed E-state index contributed by atoms with van der Waals surface area (Å²) < 4.78 is 29.9. The summed E-state index contributed by atoms with van der Waals surface area (Å²) in [6.45, 7) is 1.80. The molecule has 0 aliphatic rings. The standard InChI is InChI=1S/C8H10F2N2O2/c1-2-14-7(13)5-12-4-3-6(11-12)8(9)10/h3-4,8H,2,5H2,1H3. The molecule has 0 amide bonds. The van der Waals surface area contributed by atoms with Crippen molar-refractivity contribution >= 4 is 5.97 Å². The van der Waals surface area contributed by atoms with Crippen LogP contribution in [0, 0.1) is 0 Å². The molecule has 0 aliphatic heterocycles. The van der Waals surface area contributed by atoms with E-state index in [-0.39, 0.29) is 18.8 Å². The van der Waals surface area contributed by atoms with Crippen LogP contribution >= 0.6 is 0 Å². The van der Waals surface area contributed by atoms with Gasteiger partial charge in [-0.1, -0.05) is 0 Å². The number of ether oxygens (including phenoxy) is 1. The highest BCUT2D eigenvalue weighted by Crippen LogP contribution is 2.15. The lowest BCUT2D eigenvalue weighted by Gasteiger charge is -2.01. The molecule has 14 heavy (non-hydrogen) atoms. The largest absolute Gasteiger partial charge is 0.465 e. The van der Waals surface area contributed by atoms with E-state index in [1.807, 2.05) is 0 Å². The van der Waals surface area contributed by atoms with Gasteiger partial charge in [-0.25, -0.2) is 8.78 Å². The summed E-state index contributed by atoms with van der Waals surface area (Å²) in [6.07, 6.45) is -1.29. The van der Waals surface area contributed by atoms with Gasteiger partial charge in [0.15, 0.2) is 0 Å². The van der Waals surface area contributed by atoms with Crippen LogP contribution in [0.5, 0.6) is 0 Å². The van der Waals surface area contributed by atoms with Gasteiger partial charge in [-0.15, -0.1) is 0 Å². The molecule has 1 heterocycles. The molecule has 0 aromatic carbocycles. The van der Waals surface area contributed by atoms with Crippen LogP contribution < -0.4 is 0 Å². The Morgan fingerprint density at radius 2 is 2.43 bits per heavy atom. The van der Waals surface area contributed by atoms with Crippen LogP contribution in [-0.4, -0.2) is 22.4 Å². The first-order chi connectivity index (χ1) is 6.63. The third-order valence-electron chi connectivity index (χ3n) is 1.48. The SMILES string of the molecule is CCOC(=O)Cn1ccc(C(F)F)n1. The fraction of sp³-hybridized carbons (Fsp3) is 0.500. The van der Waals surface area contributed by atoms with Gasteiger partial charge in [-0.2, -0.15) is 5.10 Å². The second-order valence-electron chi connectivity index (χ2n) is 2.54. The maximum absolute atomic E-state index is 12.1. The van der Waals surface area contributed by atoms with Gasteiger partial charge in [0.05, 0.1) is 6.61 Å². The molecule has 0 unspecified atom stereocenters. The highest BCUT2D eigenvalue weighted by atomic mass is 19.3. The Bertz CT molecular complexity index is 312. The number of esters is 1. The molecule has 0 atom stereocenters. The quantitative estimate of drug-likeness (QED) is 0.696. The van der Waals surface area contributed by atoms with Gasteiger partial charge in [-0.05, 0) is 13.0 Å². The molecule has 0 aliphatic carbocycles. The van der Waals surface area contributed by atoms with Gasteiger partial charge in [0.25, 0.3) is 6.43 Å². The topological polar surface area (TPSA) is 44.1 Å². The molecule has 0 N–H and O–H groups in total. The average molecular weight is 204 g/mol. The summed E-state index contributed by atoms with van der Waals surface area (Å²) in [5.41, 5.74) is -0.339. The molecule has 0 fully saturated rings. The highest BCUT2D eigenvalue weighted by Gasteiger charge is 2.11. The van der Waals surface area contributed by atoms with Crippen molar-refractivity contribution in [1.29, 1.82) is 0 Å². The number of halogens is 2. The van der Waals surface area contributed by atoms with Crippen LogP contribution in [0.25, 0.3) is 0 Å². The minimum absolute atomic E-state index is 0.138. The van der Waals surface area contributed by atoms with Crippen LogP contribution in [0.4, 0.5) is 8.78 Å². The van der Waals surface area contributed by atoms with Gasteiger partial charge in [0.1, 0.15) is 12.2 Å². The van der Waals surface area contributed by atoms with Gasteiger partial charge in [-0.3, -0.25) is 9.48 Å². The maximum Gasteiger partial charge on any atom is 0.327 e. The van der Waals surface area contributed by atoms with E-state index < -0.39 is 12.4 Å². The van der Waals surface area contributed by atoms with Crippen molar-refractivity contribution in [3.05, 3.63) is 18.0 Å². The van der Waals surface area contributed by atoms with Gasteiger partial charge < -0.3 is 4.74 Å². The van der Waals surface area contributed by atoms with Crippen molar-refractivity contribution in [1.82, 2.24) is 9.78 Å². The number of hydrogen-bond donors (Lipinski definition) is 0. The lowest BCUT2D eigenvalue weighted by atomic mass is 10.5. The Morgan fingerprint density at radius 3 is 2.93 bits per heavy atom. The fourth-order valence-corrected chi connectivity index (χ4v) is 0.921. The van der Waals surface area contributed by atoms with Crippen LogP contribution in [-0.2, 0) is 16.1 Å². The monoisotopic (exact) mass is 204 g/mol. The molecule has 0 bridgehead atoms. The van der Waals surface area contributed by atoms with Gasteiger partial charge in [0, 0.05) is 6.20 Å². The predicted octanol–water partition coefficient (Wildman–Crippen LogP) is 1.38. The Kier molecular flexibility index (Phi) is 3.55. The highest BCUT2D eigenvalue weighted by molar-refractivity contribution is 5.68. The Balaban J connectivity index is 2.55. The molecule has 0 spiro atoms. The molecule has 1 aromatic rings. The molecule has 1 rings (SSSR count). The van der Waals surface area contributed by atoms with Crippen molar-refractivity contribution in [3.8, 4) is 0 Å². The first kappa shape index (κ1) is 10.6. The molecule has 0 saturated carbocycles. The molecule has 6 heteroatoms. The summed E-state index contributed by atoms with van der Waals surface area (Å²) in [6, 6.07) is 1.17. The second-order valence-corrected chi connectivity index (χ2v) is 2.54. The number of rotatable bonds is 4. The maximum atomic E-state index is 12.1. The predicted molar refractivity (Wildman–Crippen MR) is 43.8 cm³/mol. The lowest BCUT2D eigenvalue weighted by Crippen LogP contribution is -2.13. The Morgan fingerprint density at radius 1 is 1.71 bits per heavy atom. The minimum Gasteiger partial charge on any atom is -0.465 e. The smallest absolute Gasteiger partial charge is 0.327 e. The molecular formula is C8H10F2N2O2. The van der Waals surface area contributed by atoms with E-state index in [4.69, 9.17) is 0 Å². The lowest BCUT2D eigenvalue weighted by molar-refractivity contribution is -0.144. The van der Waals surface area contributed by atoms with E-state index in [0.717, 1.165) is 4.68 Å². The van der Waals surface area contributed by atoms with Crippen molar-refractivity contribution in [3.63, 3.8) is 0 Å². The molecule has 0 radical (unpaired) electrons. The number of carbonyl (C=O) groups is 1.